The number of nitrogens with one attached hydrogen (secondary N) is 2. The average molecular weight is 424 g/mol. The Bertz CT molecular complexity index is 865. The highest BCUT2D eigenvalue weighted by Crippen LogP contribution is 2.26. The van der Waals surface area contributed by atoms with E-state index >= 15 is 0 Å². The van der Waals surface area contributed by atoms with Crippen LogP contribution in [-0.4, -0.2) is 55.2 Å². The van der Waals surface area contributed by atoms with Gasteiger partial charge in [0.05, 0.1) is 7.11 Å². The maximum Gasteiger partial charge on any atom is 0.219 e. The molecule has 2 fully saturated rings. The van der Waals surface area contributed by atoms with Crippen LogP contribution in [0.25, 0.3) is 0 Å². The number of likely N-dealkylation sites (tertiary alicyclic amines) is 1. The van der Waals surface area contributed by atoms with Crippen molar-refractivity contribution >= 4 is 5.96 Å². The Morgan fingerprint density at radius 1 is 1.16 bits per heavy atom. The minimum Gasteiger partial charge on any atom is -0.497 e. The van der Waals surface area contributed by atoms with E-state index in [4.69, 9.17) is 9.47 Å². The van der Waals surface area contributed by atoms with E-state index in [0.717, 1.165) is 29.9 Å². The second kappa shape index (κ2) is 10.5. The molecular weight excluding hydrogens is 390 g/mol. The molecule has 4 rings (SSSR count). The number of pyridine rings is 1. The molecule has 0 amide bonds. The largest absolute Gasteiger partial charge is 0.497 e. The molecule has 0 bridgehead atoms. The number of aliphatic imine (C=N–C) groups is 1. The van der Waals surface area contributed by atoms with Crippen LogP contribution < -0.4 is 20.1 Å². The third kappa shape index (κ3) is 5.88. The van der Waals surface area contributed by atoms with E-state index in [2.05, 4.69) is 25.5 Å². The Labute approximate surface area is 184 Å². The lowest BCUT2D eigenvalue weighted by atomic mass is 10.2. The highest BCUT2D eigenvalue weighted by atomic mass is 16.5. The van der Waals surface area contributed by atoms with Gasteiger partial charge in [0.15, 0.2) is 5.96 Å². The van der Waals surface area contributed by atoms with Crippen LogP contribution >= 0.6 is 0 Å². The Kier molecular flexibility index (Phi) is 7.25. The number of hydrogen-bond donors (Lipinski definition) is 2. The fourth-order valence-corrected chi connectivity index (χ4v) is 4.44. The summed E-state index contributed by atoms with van der Waals surface area (Å²) >= 11 is 0. The van der Waals surface area contributed by atoms with Crippen LogP contribution in [0.1, 0.15) is 37.7 Å². The van der Waals surface area contributed by atoms with Crippen LogP contribution in [0.3, 0.4) is 0 Å². The summed E-state index contributed by atoms with van der Waals surface area (Å²) in [5.74, 6) is 2.85. The Hall–Kier alpha value is -2.80. The third-order valence-corrected chi connectivity index (χ3v) is 6.15. The molecule has 1 aliphatic heterocycles. The number of benzene rings is 1. The second-order valence-corrected chi connectivity index (χ2v) is 8.27. The monoisotopic (exact) mass is 423 g/mol. The van der Waals surface area contributed by atoms with Crippen molar-refractivity contribution in [1.82, 2.24) is 20.5 Å². The van der Waals surface area contributed by atoms with Crippen molar-refractivity contribution in [2.45, 2.75) is 50.7 Å². The Morgan fingerprint density at radius 2 is 2.00 bits per heavy atom. The first-order valence-electron chi connectivity index (χ1n) is 11.2. The van der Waals surface area contributed by atoms with Gasteiger partial charge in [0.25, 0.3) is 0 Å². The summed E-state index contributed by atoms with van der Waals surface area (Å²) in [6.07, 6.45) is 8.51. The summed E-state index contributed by atoms with van der Waals surface area (Å²) < 4.78 is 11.0. The van der Waals surface area contributed by atoms with Crippen molar-refractivity contribution in [3.8, 4) is 17.4 Å². The average Bonchev–Trinajstić information content (AvgIpc) is 3.50. The minimum atomic E-state index is 0.462. The standard InChI is InChI=1S/C24H33N5O2/c1-25-24(28-19-12-13-29(17-19)20-6-3-4-7-20)27-16-18-10-11-23(26-15-18)31-22-9-5-8-21(14-22)30-2/h5,8-11,14-15,19-20H,3-4,6-7,12-13,16-17H2,1-2H3,(H2,25,27,28). The maximum atomic E-state index is 5.81. The molecule has 7 heteroatoms. The molecule has 1 atom stereocenters. The molecule has 0 radical (unpaired) electrons. The van der Waals surface area contributed by atoms with Gasteiger partial charge in [0.1, 0.15) is 11.5 Å². The van der Waals surface area contributed by atoms with Gasteiger partial charge in [-0.15, -0.1) is 0 Å². The zero-order valence-corrected chi connectivity index (χ0v) is 18.5. The summed E-state index contributed by atoms with van der Waals surface area (Å²) in [6, 6.07) is 12.6. The molecule has 1 aliphatic carbocycles. The number of ether oxygens (including phenoxy) is 2. The lowest BCUT2D eigenvalue weighted by Crippen LogP contribution is -2.45. The zero-order chi connectivity index (χ0) is 21.5. The predicted octanol–water partition coefficient (Wildman–Crippen LogP) is 3.56. The van der Waals surface area contributed by atoms with Gasteiger partial charge in [-0.3, -0.25) is 9.89 Å². The van der Waals surface area contributed by atoms with Crippen molar-refractivity contribution < 1.29 is 9.47 Å². The minimum absolute atomic E-state index is 0.462. The SMILES string of the molecule is CN=C(NCc1ccc(Oc2cccc(OC)c2)nc1)NC1CCN(C2CCCC2)C1. The van der Waals surface area contributed by atoms with Crippen molar-refractivity contribution in [2.75, 3.05) is 27.2 Å². The van der Waals surface area contributed by atoms with Crippen molar-refractivity contribution in [1.29, 1.82) is 0 Å². The fraction of sp³-hybridized carbons (Fsp3) is 0.500. The molecule has 2 N–H and O–H groups in total. The van der Waals surface area contributed by atoms with Crippen LogP contribution in [-0.2, 0) is 6.54 Å². The second-order valence-electron chi connectivity index (χ2n) is 8.27. The van der Waals surface area contributed by atoms with E-state index in [-0.39, 0.29) is 0 Å². The molecule has 1 aromatic heterocycles. The molecule has 166 valence electrons. The van der Waals surface area contributed by atoms with Gasteiger partial charge in [-0.25, -0.2) is 4.98 Å². The van der Waals surface area contributed by atoms with E-state index < -0.39 is 0 Å². The smallest absolute Gasteiger partial charge is 0.219 e. The van der Waals surface area contributed by atoms with E-state index in [1.54, 1.807) is 7.11 Å². The Morgan fingerprint density at radius 3 is 2.74 bits per heavy atom. The lowest BCUT2D eigenvalue weighted by Gasteiger charge is -2.24. The van der Waals surface area contributed by atoms with Crippen molar-refractivity contribution in [3.05, 3.63) is 48.2 Å². The van der Waals surface area contributed by atoms with Gasteiger partial charge in [-0.2, -0.15) is 0 Å². The van der Waals surface area contributed by atoms with Crippen LogP contribution in [0.15, 0.2) is 47.6 Å². The zero-order valence-electron chi connectivity index (χ0n) is 18.5. The first-order valence-corrected chi connectivity index (χ1v) is 11.2. The molecule has 1 saturated heterocycles. The molecule has 2 aromatic rings. The molecular formula is C24H33N5O2. The van der Waals surface area contributed by atoms with Gasteiger partial charge in [0.2, 0.25) is 5.88 Å². The molecule has 2 heterocycles. The van der Waals surface area contributed by atoms with E-state index in [0.29, 0.717) is 24.2 Å². The molecule has 0 spiro atoms. The number of hydrogen-bond acceptors (Lipinski definition) is 5. The lowest BCUT2D eigenvalue weighted by molar-refractivity contribution is 0.242. The van der Waals surface area contributed by atoms with Gasteiger partial charge < -0.3 is 20.1 Å². The summed E-state index contributed by atoms with van der Waals surface area (Å²) in [5.41, 5.74) is 1.07. The van der Waals surface area contributed by atoms with Crippen molar-refractivity contribution in [3.63, 3.8) is 0 Å². The molecule has 7 nitrogen and oxygen atoms in total. The van der Waals surface area contributed by atoms with Crippen LogP contribution in [0.4, 0.5) is 0 Å². The normalized spacial score (nSPS) is 20.1. The first-order chi connectivity index (χ1) is 15.2. The fourth-order valence-electron chi connectivity index (χ4n) is 4.44. The summed E-state index contributed by atoms with van der Waals surface area (Å²) in [7, 11) is 3.46. The number of guanidine groups is 1. The summed E-state index contributed by atoms with van der Waals surface area (Å²) in [5, 5.41) is 6.99. The molecule has 2 aliphatic rings. The predicted molar refractivity (Wildman–Crippen MR) is 123 cm³/mol. The maximum absolute atomic E-state index is 5.81. The third-order valence-electron chi connectivity index (χ3n) is 6.15. The van der Waals surface area contributed by atoms with Crippen LogP contribution in [0.5, 0.6) is 17.4 Å². The molecule has 1 saturated carbocycles. The van der Waals surface area contributed by atoms with Gasteiger partial charge in [-0.05, 0) is 37.0 Å². The number of methoxy groups -OCH3 is 1. The molecule has 1 unspecified atom stereocenters. The molecule has 1 aromatic carbocycles. The van der Waals surface area contributed by atoms with E-state index in [1.807, 2.05) is 49.6 Å². The quantitative estimate of drug-likeness (QED) is 0.524. The highest BCUT2D eigenvalue weighted by Gasteiger charge is 2.30. The molecule has 31 heavy (non-hydrogen) atoms. The van der Waals surface area contributed by atoms with Crippen molar-refractivity contribution in [2.24, 2.45) is 4.99 Å². The number of nitrogens with zero attached hydrogens (tertiary/aromatic N) is 3. The topological polar surface area (TPSA) is 71.0 Å². The summed E-state index contributed by atoms with van der Waals surface area (Å²) in [4.78, 5) is 11.5. The first kappa shape index (κ1) is 21.4. The van der Waals surface area contributed by atoms with Gasteiger partial charge in [0, 0.05) is 57.1 Å². The summed E-state index contributed by atoms with van der Waals surface area (Å²) in [6.45, 7) is 2.96. The van der Waals surface area contributed by atoms with Crippen LogP contribution in [0, 0.1) is 0 Å². The van der Waals surface area contributed by atoms with E-state index in [9.17, 15) is 0 Å². The van der Waals surface area contributed by atoms with E-state index in [1.165, 1.54) is 38.6 Å². The Balaban J connectivity index is 1.24. The highest BCUT2D eigenvalue weighted by molar-refractivity contribution is 5.80. The number of rotatable bonds is 7. The van der Waals surface area contributed by atoms with Gasteiger partial charge in [-0.1, -0.05) is 25.0 Å². The van der Waals surface area contributed by atoms with Gasteiger partial charge >= 0.3 is 0 Å². The van der Waals surface area contributed by atoms with Crippen LogP contribution in [0.2, 0.25) is 0 Å². The number of aromatic nitrogens is 1.